The minimum atomic E-state index is -0.852. The molecule has 1 aliphatic rings. The molecule has 0 bridgehead atoms. The Morgan fingerprint density at radius 1 is 1.03 bits per heavy atom. The van der Waals surface area contributed by atoms with E-state index in [1.54, 1.807) is 36.4 Å². The summed E-state index contributed by atoms with van der Waals surface area (Å²) in [7, 11) is 0. The Hall–Kier alpha value is -3.94. The molecule has 2 amide bonds. The molecule has 0 radical (unpaired) electrons. The van der Waals surface area contributed by atoms with Gasteiger partial charge in [-0.3, -0.25) is 9.59 Å². The van der Waals surface area contributed by atoms with Crippen LogP contribution >= 0.6 is 0 Å². The molecule has 4 rings (SSSR count). The minimum Gasteiger partial charge on any atom is -0.450 e. The van der Waals surface area contributed by atoms with Crippen molar-refractivity contribution in [3.63, 3.8) is 0 Å². The second-order valence-corrected chi connectivity index (χ2v) is 7.10. The highest BCUT2D eigenvalue weighted by Crippen LogP contribution is 2.25. The third kappa shape index (κ3) is 5.16. The number of anilines is 1. The van der Waals surface area contributed by atoms with Gasteiger partial charge in [-0.1, -0.05) is 18.2 Å². The molecule has 1 aromatic heterocycles. The number of benzene rings is 2. The van der Waals surface area contributed by atoms with Gasteiger partial charge >= 0.3 is 5.97 Å². The van der Waals surface area contributed by atoms with Crippen molar-refractivity contribution >= 4 is 23.5 Å². The Balaban J connectivity index is 1.31. The fourth-order valence-corrected chi connectivity index (χ4v) is 2.89. The van der Waals surface area contributed by atoms with Crippen molar-refractivity contribution in [2.24, 2.45) is 0 Å². The quantitative estimate of drug-likeness (QED) is 0.565. The predicted molar refractivity (Wildman–Crippen MR) is 110 cm³/mol. The number of carbonyl (C=O) groups is 3. The standard InChI is InChI=1S/C23H19FN2O5/c24-18-7-2-1-6-17(18)19-10-11-20(31-19)23(29)30-13-21(27)25-16-5-3-4-14(12-16)22(28)26-15-8-9-15/h1-7,10-12,15H,8-9,13H2,(H,25,27)(H,26,28). The summed E-state index contributed by atoms with van der Waals surface area (Å²) >= 11 is 0. The van der Waals surface area contributed by atoms with E-state index in [-0.39, 0.29) is 29.0 Å². The third-order valence-electron chi connectivity index (χ3n) is 4.60. The van der Waals surface area contributed by atoms with Gasteiger partial charge in [0.25, 0.3) is 11.8 Å². The van der Waals surface area contributed by atoms with Crippen LogP contribution in [0.2, 0.25) is 0 Å². The lowest BCUT2D eigenvalue weighted by molar-refractivity contribution is -0.119. The fourth-order valence-electron chi connectivity index (χ4n) is 2.89. The van der Waals surface area contributed by atoms with E-state index in [2.05, 4.69) is 10.6 Å². The van der Waals surface area contributed by atoms with Crippen LogP contribution in [0.5, 0.6) is 0 Å². The molecule has 1 aliphatic carbocycles. The van der Waals surface area contributed by atoms with Gasteiger partial charge in [0.05, 0.1) is 5.56 Å². The van der Waals surface area contributed by atoms with Gasteiger partial charge in [0.15, 0.2) is 6.61 Å². The summed E-state index contributed by atoms with van der Waals surface area (Å²) in [6.45, 7) is -0.549. The molecule has 8 heteroatoms. The largest absolute Gasteiger partial charge is 0.450 e. The Bertz CT molecular complexity index is 1140. The van der Waals surface area contributed by atoms with Crippen molar-refractivity contribution in [3.8, 4) is 11.3 Å². The zero-order chi connectivity index (χ0) is 21.8. The molecule has 3 aromatic rings. The number of ether oxygens (including phenoxy) is 1. The summed E-state index contributed by atoms with van der Waals surface area (Å²) in [6, 6.07) is 15.5. The molecule has 0 atom stereocenters. The van der Waals surface area contributed by atoms with E-state index in [0.29, 0.717) is 11.3 Å². The number of carbonyl (C=O) groups excluding carboxylic acids is 3. The number of furan rings is 1. The van der Waals surface area contributed by atoms with Crippen LogP contribution in [-0.2, 0) is 9.53 Å². The summed E-state index contributed by atoms with van der Waals surface area (Å²) in [5.74, 6) is -2.08. The third-order valence-corrected chi connectivity index (χ3v) is 4.60. The van der Waals surface area contributed by atoms with Crippen molar-refractivity contribution in [1.29, 1.82) is 0 Å². The molecule has 1 fully saturated rings. The number of halogens is 1. The average Bonchev–Trinajstić information content (AvgIpc) is 3.44. The molecule has 0 saturated heterocycles. The second kappa shape index (κ2) is 8.83. The molecule has 1 heterocycles. The lowest BCUT2D eigenvalue weighted by atomic mass is 10.1. The van der Waals surface area contributed by atoms with Crippen LogP contribution < -0.4 is 10.6 Å². The average molecular weight is 422 g/mol. The van der Waals surface area contributed by atoms with Crippen molar-refractivity contribution in [2.75, 3.05) is 11.9 Å². The number of rotatable bonds is 7. The van der Waals surface area contributed by atoms with E-state index in [0.717, 1.165) is 12.8 Å². The van der Waals surface area contributed by atoms with Crippen molar-refractivity contribution in [3.05, 3.63) is 77.8 Å². The molecule has 2 N–H and O–H groups in total. The first-order valence-electron chi connectivity index (χ1n) is 9.72. The normalized spacial score (nSPS) is 12.8. The van der Waals surface area contributed by atoms with Crippen LogP contribution in [0.15, 0.2) is 65.1 Å². The van der Waals surface area contributed by atoms with Crippen LogP contribution in [0.4, 0.5) is 10.1 Å². The Morgan fingerprint density at radius 2 is 1.84 bits per heavy atom. The first-order valence-corrected chi connectivity index (χ1v) is 9.72. The van der Waals surface area contributed by atoms with Gasteiger partial charge in [0.2, 0.25) is 5.76 Å². The summed E-state index contributed by atoms with van der Waals surface area (Å²) in [5.41, 5.74) is 1.05. The van der Waals surface area contributed by atoms with Crippen molar-refractivity contribution in [2.45, 2.75) is 18.9 Å². The number of amides is 2. The van der Waals surface area contributed by atoms with Crippen molar-refractivity contribution in [1.82, 2.24) is 5.32 Å². The smallest absolute Gasteiger partial charge is 0.374 e. The number of hydrogen-bond acceptors (Lipinski definition) is 5. The van der Waals surface area contributed by atoms with Gasteiger partial charge in [-0.05, 0) is 55.3 Å². The van der Waals surface area contributed by atoms with E-state index in [9.17, 15) is 18.8 Å². The van der Waals surface area contributed by atoms with Crippen LogP contribution in [0.3, 0.4) is 0 Å². The molecule has 158 valence electrons. The summed E-state index contributed by atoms with van der Waals surface area (Å²) < 4.78 is 24.1. The zero-order valence-electron chi connectivity index (χ0n) is 16.4. The molecule has 7 nitrogen and oxygen atoms in total. The van der Waals surface area contributed by atoms with Crippen LogP contribution in [0, 0.1) is 5.82 Å². The minimum absolute atomic E-state index is 0.148. The Morgan fingerprint density at radius 3 is 2.61 bits per heavy atom. The van der Waals surface area contributed by atoms with E-state index in [1.807, 2.05) is 0 Å². The van der Waals surface area contributed by atoms with Crippen LogP contribution in [0.25, 0.3) is 11.3 Å². The maximum Gasteiger partial charge on any atom is 0.374 e. The molecular formula is C23H19FN2O5. The number of hydrogen-bond donors (Lipinski definition) is 2. The molecule has 0 unspecified atom stereocenters. The Kier molecular flexibility index (Phi) is 5.79. The molecule has 0 aliphatic heterocycles. The highest BCUT2D eigenvalue weighted by atomic mass is 19.1. The molecule has 0 spiro atoms. The van der Waals surface area contributed by atoms with Crippen LogP contribution in [-0.4, -0.2) is 30.4 Å². The first kappa shape index (κ1) is 20.3. The summed E-state index contributed by atoms with van der Waals surface area (Å²) in [4.78, 5) is 36.4. The monoisotopic (exact) mass is 422 g/mol. The highest BCUT2D eigenvalue weighted by Gasteiger charge is 2.24. The number of esters is 1. The molecule has 31 heavy (non-hydrogen) atoms. The van der Waals surface area contributed by atoms with Crippen molar-refractivity contribution < 1.29 is 27.9 Å². The maximum absolute atomic E-state index is 13.8. The van der Waals surface area contributed by atoms with E-state index < -0.39 is 24.3 Å². The first-order chi connectivity index (χ1) is 15.0. The van der Waals surface area contributed by atoms with E-state index >= 15 is 0 Å². The topological polar surface area (TPSA) is 97.6 Å². The number of nitrogens with one attached hydrogen (secondary N) is 2. The second-order valence-electron chi connectivity index (χ2n) is 7.10. The predicted octanol–water partition coefficient (Wildman–Crippen LogP) is 3.77. The van der Waals surface area contributed by atoms with Gasteiger partial charge in [0, 0.05) is 17.3 Å². The van der Waals surface area contributed by atoms with Gasteiger partial charge < -0.3 is 19.8 Å². The van der Waals surface area contributed by atoms with Crippen LogP contribution in [0.1, 0.15) is 33.8 Å². The van der Waals surface area contributed by atoms with E-state index in [1.165, 1.54) is 24.3 Å². The van der Waals surface area contributed by atoms with Gasteiger partial charge in [-0.2, -0.15) is 0 Å². The zero-order valence-corrected chi connectivity index (χ0v) is 16.4. The lowest BCUT2D eigenvalue weighted by Gasteiger charge is -2.08. The van der Waals surface area contributed by atoms with E-state index in [4.69, 9.17) is 9.15 Å². The Labute approximate surface area is 177 Å². The molecule has 1 saturated carbocycles. The van der Waals surface area contributed by atoms with Gasteiger partial charge in [-0.25, -0.2) is 9.18 Å². The van der Waals surface area contributed by atoms with Gasteiger partial charge in [-0.15, -0.1) is 0 Å². The highest BCUT2D eigenvalue weighted by molar-refractivity contribution is 5.98. The SMILES string of the molecule is O=C(COC(=O)c1ccc(-c2ccccc2F)o1)Nc1cccc(C(=O)NC2CC2)c1. The summed E-state index contributed by atoms with van der Waals surface area (Å²) in [5, 5.41) is 5.45. The fraction of sp³-hybridized carbons (Fsp3) is 0.174. The maximum atomic E-state index is 13.8. The molecular weight excluding hydrogens is 403 g/mol. The lowest BCUT2D eigenvalue weighted by Crippen LogP contribution is -2.25. The summed E-state index contributed by atoms with van der Waals surface area (Å²) in [6.07, 6.45) is 1.95. The van der Waals surface area contributed by atoms with Gasteiger partial charge in [0.1, 0.15) is 11.6 Å². The molecule has 2 aromatic carbocycles.